The average molecular weight is 474 g/mol. The molecule has 8 nitrogen and oxygen atoms in total. The Hall–Kier alpha value is -3.04. The predicted molar refractivity (Wildman–Crippen MR) is 128 cm³/mol. The van der Waals surface area contributed by atoms with Crippen molar-refractivity contribution in [2.24, 2.45) is 0 Å². The summed E-state index contributed by atoms with van der Waals surface area (Å²) in [6.07, 6.45) is 1.09. The van der Waals surface area contributed by atoms with E-state index in [0.717, 1.165) is 16.7 Å². The van der Waals surface area contributed by atoms with Gasteiger partial charge in [-0.15, -0.1) is 0 Å². The van der Waals surface area contributed by atoms with Crippen molar-refractivity contribution in [2.75, 3.05) is 28.4 Å². The fourth-order valence-corrected chi connectivity index (χ4v) is 5.15. The first-order valence-corrected chi connectivity index (χ1v) is 13.8. The molecule has 0 saturated heterocycles. The smallest absolute Gasteiger partial charge is 0.220 e. The number of methoxy groups -OCH3 is 4. The van der Waals surface area contributed by atoms with E-state index in [0.29, 0.717) is 35.7 Å². The number of fused-ring (bicyclic) bond motifs is 3. The van der Waals surface area contributed by atoms with Gasteiger partial charge in [0.2, 0.25) is 17.1 Å². The van der Waals surface area contributed by atoms with Crippen LogP contribution in [-0.4, -0.2) is 47.5 Å². The van der Waals surface area contributed by atoms with Crippen molar-refractivity contribution >= 4 is 14.2 Å². The van der Waals surface area contributed by atoms with Gasteiger partial charge < -0.3 is 29.1 Å². The van der Waals surface area contributed by atoms with Crippen LogP contribution < -0.4 is 29.7 Å². The van der Waals surface area contributed by atoms with E-state index < -0.39 is 14.4 Å². The molecule has 2 aromatic rings. The van der Waals surface area contributed by atoms with Gasteiger partial charge in [0.15, 0.2) is 25.6 Å². The van der Waals surface area contributed by atoms with Gasteiger partial charge in [0.1, 0.15) is 0 Å². The van der Waals surface area contributed by atoms with Crippen molar-refractivity contribution in [3.63, 3.8) is 0 Å². The molecule has 2 aromatic carbocycles. The second-order valence-electron chi connectivity index (χ2n) is 8.60. The SMILES string of the molecule is COc1cc2c(c(OC)c1OC)CC[C@H](NC(=O)C[Si](C)(C)O)c1cc(=O)c(OC)ccc1-2. The second-order valence-corrected chi connectivity index (χ2v) is 12.6. The maximum Gasteiger partial charge on any atom is 0.220 e. The zero-order valence-corrected chi connectivity index (χ0v) is 20.9. The molecule has 1 atom stereocenters. The van der Waals surface area contributed by atoms with Crippen molar-refractivity contribution in [2.45, 2.75) is 38.0 Å². The highest BCUT2D eigenvalue weighted by molar-refractivity contribution is 6.72. The van der Waals surface area contributed by atoms with Crippen LogP contribution in [0.5, 0.6) is 23.0 Å². The minimum atomic E-state index is -2.60. The Labute approximate surface area is 194 Å². The zero-order valence-electron chi connectivity index (χ0n) is 19.9. The Bertz CT molecular complexity index is 1110. The van der Waals surface area contributed by atoms with E-state index >= 15 is 0 Å². The maximum atomic E-state index is 12.8. The highest BCUT2D eigenvalue weighted by atomic mass is 28.4. The molecule has 0 aromatic heterocycles. The molecule has 0 saturated carbocycles. The summed E-state index contributed by atoms with van der Waals surface area (Å²) in [4.78, 5) is 35.8. The lowest BCUT2D eigenvalue weighted by Gasteiger charge is -2.21. The van der Waals surface area contributed by atoms with Crippen LogP contribution in [-0.2, 0) is 11.2 Å². The number of hydrogen-bond donors (Lipinski definition) is 2. The zero-order chi connectivity index (χ0) is 24.3. The van der Waals surface area contributed by atoms with Crippen LogP contribution in [0.4, 0.5) is 0 Å². The van der Waals surface area contributed by atoms with Crippen LogP contribution in [0.25, 0.3) is 11.1 Å². The number of benzene rings is 1. The summed E-state index contributed by atoms with van der Waals surface area (Å²) >= 11 is 0. The molecular weight excluding hydrogens is 442 g/mol. The van der Waals surface area contributed by atoms with E-state index in [9.17, 15) is 14.4 Å². The van der Waals surface area contributed by atoms with E-state index in [1.807, 2.05) is 12.1 Å². The number of hydrogen-bond acceptors (Lipinski definition) is 7. The number of amides is 1. The van der Waals surface area contributed by atoms with E-state index in [4.69, 9.17) is 18.9 Å². The van der Waals surface area contributed by atoms with Gasteiger partial charge in [-0.2, -0.15) is 0 Å². The average Bonchev–Trinajstić information content (AvgIpc) is 3.00. The third-order valence-electron chi connectivity index (χ3n) is 5.67. The molecule has 0 aliphatic heterocycles. The summed E-state index contributed by atoms with van der Waals surface area (Å²) in [6, 6.07) is 6.45. The Morgan fingerprint density at radius 1 is 1.00 bits per heavy atom. The van der Waals surface area contributed by atoms with E-state index in [1.54, 1.807) is 40.5 Å². The number of carbonyl (C=O) groups is 1. The van der Waals surface area contributed by atoms with Crippen LogP contribution in [0.15, 0.2) is 29.1 Å². The topological polar surface area (TPSA) is 103 Å². The monoisotopic (exact) mass is 473 g/mol. The lowest BCUT2D eigenvalue weighted by Crippen LogP contribution is -2.37. The predicted octanol–water partition coefficient (Wildman–Crippen LogP) is 3.05. The first kappa shape index (κ1) is 24.6. The highest BCUT2D eigenvalue weighted by Crippen LogP contribution is 2.48. The molecule has 9 heteroatoms. The van der Waals surface area contributed by atoms with Gasteiger partial charge in [0.05, 0.1) is 34.5 Å². The quantitative estimate of drug-likeness (QED) is 0.596. The molecule has 1 aliphatic carbocycles. The van der Waals surface area contributed by atoms with Crippen molar-refractivity contribution in [3.05, 3.63) is 45.6 Å². The van der Waals surface area contributed by atoms with E-state index in [1.165, 1.54) is 13.2 Å². The molecule has 0 spiro atoms. The molecule has 178 valence electrons. The molecular formula is C24H31NO7Si. The molecule has 3 rings (SSSR count). The van der Waals surface area contributed by atoms with Crippen LogP contribution in [0.2, 0.25) is 19.1 Å². The maximum absolute atomic E-state index is 12.8. The van der Waals surface area contributed by atoms with Crippen molar-refractivity contribution in [3.8, 4) is 34.1 Å². The lowest BCUT2D eigenvalue weighted by molar-refractivity contribution is -0.119. The van der Waals surface area contributed by atoms with Crippen molar-refractivity contribution < 1.29 is 28.5 Å². The molecule has 0 bridgehead atoms. The largest absolute Gasteiger partial charge is 0.493 e. The molecule has 0 unspecified atom stereocenters. The van der Waals surface area contributed by atoms with Gasteiger partial charge in [-0.3, -0.25) is 9.59 Å². The Kier molecular flexibility index (Phi) is 7.33. The van der Waals surface area contributed by atoms with Gasteiger partial charge in [-0.25, -0.2) is 0 Å². The summed E-state index contributed by atoms with van der Waals surface area (Å²) < 4.78 is 22.1. The molecule has 0 heterocycles. The minimum absolute atomic E-state index is 0.0727. The third kappa shape index (κ3) is 5.14. The van der Waals surface area contributed by atoms with E-state index in [2.05, 4.69) is 5.32 Å². The molecule has 2 N–H and O–H groups in total. The third-order valence-corrected chi connectivity index (χ3v) is 6.86. The van der Waals surface area contributed by atoms with Crippen LogP contribution in [0, 0.1) is 0 Å². The second kappa shape index (κ2) is 9.84. The molecule has 0 fully saturated rings. The number of rotatable bonds is 7. The summed E-state index contributed by atoms with van der Waals surface area (Å²) in [7, 11) is 3.51. The van der Waals surface area contributed by atoms with E-state index in [-0.39, 0.29) is 23.1 Å². The normalized spacial score (nSPS) is 14.9. The fourth-order valence-electron chi connectivity index (χ4n) is 4.27. The Morgan fingerprint density at radius 2 is 1.67 bits per heavy atom. The molecule has 1 amide bonds. The summed E-state index contributed by atoms with van der Waals surface area (Å²) in [5.41, 5.74) is 2.86. The van der Waals surface area contributed by atoms with Crippen molar-refractivity contribution in [1.82, 2.24) is 5.32 Å². The molecule has 1 aliphatic rings. The molecule has 0 radical (unpaired) electrons. The van der Waals surface area contributed by atoms with Crippen molar-refractivity contribution in [1.29, 1.82) is 0 Å². The van der Waals surface area contributed by atoms with Crippen LogP contribution in [0.1, 0.15) is 23.6 Å². The highest BCUT2D eigenvalue weighted by Gasteiger charge is 2.30. The number of carbonyl (C=O) groups excluding carboxylic acids is 1. The van der Waals surface area contributed by atoms with Gasteiger partial charge in [0, 0.05) is 11.6 Å². The fraction of sp³-hybridized carbons (Fsp3) is 0.417. The van der Waals surface area contributed by atoms with Gasteiger partial charge in [0.25, 0.3) is 0 Å². The number of nitrogens with one attached hydrogen (secondary N) is 1. The first-order valence-electron chi connectivity index (χ1n) is 10.7. The Balaban J connectivity index is 2.26. The summed E-state index contributed by atoms with van der Waals surface area (Å²) in [5, 5.41) is 3.03. The van der Waals surface area contributed by atoms with Gasteiger partial charge >= 0.3 is 0 Å². The number of ether oxygens (including phenoxy) is 4. The van der Waals surface area contributed by atoms with Crippen LogP contribution in [0.3, 0.4) is 0 Å². The summed E-state index contributed by atoms with van der Waals surface area (Å²) in [6.45, 7) is 3.43. The summed E-state index contributed by atoms with van der Waals surface area (Å²) in [5.74, 6) is 1.48. The Morgan fingerprint density at radius 3 is 2.24 bits per heavy atom. The van der Waals surface area contributed by atoms with Crippen LogP contribution >= 0.6 is 0 Å². The van der Waals surface area contributed by atoms with Gasteiger partial charge in [-0.1, -0.05) is 6.07 Å². The molecule has 33 heavy (non-hydrogen) atoms. The first-order chi connectivity index (χ1) is 15.6. The lowest BCUT2D eigenvalue weighted by atomic mass is 9.96. The minimum Gasteiger partial charge on any atom is -0.493 e. The van der Waals surface area contributed by atoms with Gasteiger partial charge in [-0.05, 0) is 60.8 Å². The standard InChI is InChI=1S/C24H31NO7Si/c1-29-20-10-8-14-16-12-21(30-2)24(32-4)23(31-3)15(16)7-9-18(17(14)11-19(20)26)25-22(27)13-33(5,6)28/h8,10-12,18,28H,7,9,13H2,1-6H3,(H,25,27)/t18-/m0/s1.